The van der Waals surface area contributed by atoms with E-state index in [1.54, 1.807) is 4.90 Å². The van der Waals surface area contributed by atoms with Crippen LogP contribution in [-0.4, -0.2) is 41.8 Å². The first-order chi connectivity index (χ1) is 15.3. The molecule has 0 aromatic heterocycles. The van der Waals surface area contributed by atoms with Crippen molar-refractivity contribution in [3.05, 3.63) is 29.8 Å². The molecule has 6 heteroatoms. The number of carbonyl (C=O) groups excluding carboxylic acids is 3. The van der Waals surface area contributed by atoms with Gasteiger partial charge in [-0.2, -0.15) is 0 Å². The number of aryl methyl sites for hydroxylation is 1. The predicted octanol–water partition coefficient (Wildman–Crippen LogP) is 5.21. The Balaban J connectivity index is 2.27. The molecule has 1 rings (SSSR count). The van der Waals surface area contributed by atoms with Gasteiger partial charge in [0.25, 0.3) is 0 Å². The van der Waals surface area contributed by atoms with Gasteiger partial charge in [-0.05, 0) is 39.3 Å². The summed E-state index contributed by atoms with van der Waals surface area (Å²) in [5, 5.41) is 5.36. The van der Waals surface area contributed by atoms with Crippen LogP contribution in [0.2, 0.25) is 0 Å². The lowest BCUT2D eigenvalue weighted by molar-refractivity contribution is -0.138. The van der Waals surface area contributed by atoms with E-state index in [1.165, 1.54) is 38.5 Å². The maximum Gasteiger partial charge on any atom is 0.243 e. The Bertz CT molecular complexity index is 686. The molecular formula is C26H43N3O3. The van der Waals surface area contributed by atoms with E-state index < -0.39 is 0 Å². The number of nitrogens with zero attached hydrogens (tertiary/aromatic N) is 1. The summed E-state index contributed by atoms with van der Waals surface area (Å²) in [6.07, 6.45) is 11.3. The minimum Gasteiger partial charge on any atom is -0.345 e. The Morgan fingerprint density at radius 3 is 1.97 bits per heavy atom. The van der Waals surface area contributed by atoms with Gasteiger partial charge in [0.15, 0.2) is 0 Å². The number of amides is 3. The van der Waals surface area contributed by atoms with Crippen molar-refractivity contribution >= 4 is 23.4 Å². The normalized spacial score (nSPS) is 10.8. The van der Waals surface area contributed by atoms with Gasteiger partial charge in [0, 0.05) is 18.2 Å². The minimum atomic E-state index is -0.321. The van der Waals surface area contributed by atoms with Crippen molar-refractivity contribution in [2.45, 2.75) is 97.9 Å². The van der Waals surface area contributed by atoms with Crippen molar-refractivity contribution in [3.63, 3.8) is 0 Å². The molecule has 32 heavy (non-hydrogen) atoms. The Morgan fingerprint density at radius 2 is 1.41 bits per heavy atom. The molecule has 1 aromatic rings. The van der Waals surface area contributed by atoms with Gasteiger partial charge in [-0.3, -0.25) is 14.4 Å². The van der Waals surface area contributed by atoms with Crippen LogP contribution in [0.3, 0.4) is 0 Å². The van der Waals surface area contributed by atoms with Gasteiger partial charge in [0.2, 0.25) is 17.7 Å². The highest BCUT2D eigenvalue weighted by Gasteiger charge is 2.20. The smallest absolute Gasteiger partial charge is 0.243 e. The van der Waals surface area contributed by atoms with Crippen LogP contribution in [0.4, 0.5) is 5.69 Å². The number of rotatable bonds is 16. The zero-order chi connectivity index (χ0) is 23.8. The summed E-state index contributed by atoms with van der Waals surface area (Å²) in [4.78, 5) is 38.5. The molecule has 2 N–H and O–H groups in total. The third kappa shape index (κ3) is 12.5. The largest absolute Gasteiger partial charge is 0.345 e. The first kappa shape index (κ1) is 27.7. The van der Waals surface area contributed by atoms with Crippen LogP contribution in [-0.2, 0) is 14.4 Å². The van der Waals surface area contributed by atoms with Crippen LogP contribution < -0.4 is 10.6 Å². The summed E-state index contributed by atoms with van der Waals surface area (Å²) in [5.74, 6) is -0.611. The molecule has 0 heterocycles. The second-order valence-corrected chi connectivity index (χ2v) is 8.88. The van der Waals surface area contributed by atoms with E-state index in [-0.39, 0.29) is 36.9 Å². The Labute approximate surface area is 194 Å². The molecular weight excluding hydrogens is 402 g/mol. The van der Waals surface area contributed by atoms with E-state index in [9.17, 15) is 14.4 Å². The maximum absolute atomic E-state index is 12.6. The zero-order valence-corrected chi connectivity index (χ0v) is 20.5. The van der Waals surface area contributed by atoms with Gasteiger partial charge in [0.05, 0.1) is 13.1 Å². The molecule has 0 aliphatic rings. The van der Waals surface area contributed by atoms with Crippen molar-refractivity contribution in [1.82, 2.24) is 10.2 Å². The third-order valence-corrected chi connectivity index (χ3v) is 5.53. The number of anilines is 1. The average molecular weight is 446 g/mol. The average Bonchev–Trinajstić information content (AvgIpc) is 2.76. The van der Waals surface area contributed by atoms with Crippen LogP contribution in [0, 0.1) is 6.92 Å². The fraction of sp³-hybridized carbons (Fsp3) is 0.654. The summed E-state index contributed by atoms with van der Waals surface area (Å²) in [6, 6.07) is 7.40. The van der Waals surface area contributed by atoms with Gasteiger partial charge < -0.3 is 15.5 Å². The highest BCUT2D eigenvalue weighted by molar-refractivity contribution is 5.95. The zero-order valence-electron chi connectivity index (χ0n) is 20.5. The van der Waals surface area contributed by atoms with Crippen LogP contribution in [0.1, 0.15) is 90.5 Å². The summed E-state index contributed by atoms with van der Waals surface area (Å²) in [7, 11) is 0. The van der Waals surface area contributed by atoms with E-state index in [0.717, 1.165) is 24.8 Å². The number of hydrogen-bond acceptors (Lipinski definition) is 3. The first-order valence-corrected chi connectivity index (χ1v) is 12.3. The molecule has 1 aromatic carbocycles. The number of carbonyl (C=O) groups is 3. The number of hydrogen-bond donors (Lipinski definition) is 2. The molecule has 0 aliphatic carbocycles. The fourth-order valence-corrected chi connectivity index (χ4v) is 3.52. The molecule has 180 valence electrons. The summed E-state index contributed by atoms with van der Waals surface area (Å²) >= 11 is 0. The Kier molecular flexibility index (Phi) is 14.1. The van der Waals surface area contributed by atoms with Gasteiger partial charge in [-0.15, -0.1) is 0 Å². The van der Waals surface area contributed by atoms with Crippen LogP contribution >= 0.6 is 0 Å². The van der Waals surface area contributed by atoms with Gasteiger partial charge in [-0.1, -0.05) is 76.0 Å². The quantitative estimate of drug-likeness (QED) is 0.343. The molecule has 0 unspecified atom stereocenters. The predicted molar refractivity (Wildman–Crippen MR) is 132 cm³/mol. The summed E-state index contributed by atoms with van der Waals surface area (Å²) < 4.78 is 0. The minimum absolute atomic E-state index is 0.00204. The maximum atomic E-state index is 12.6. The summed E-state index contributed by atoms with van der Waals surface area (Å²) in [6.45, 7) is 7.88. The fourth-order valence-electron chi connectivity index (χ4n) is 3.52. The molecule has 0 fully saturated rings. The molecule has 0 radical (unpaired) electrons. The van der Waals surface area contributed by atoms with E-state index >= 15 is 0 Å². The van der Waals surface area contributed by atoms with Crippen molar-refractivity contribution in [2.24, 2.45) is 0 Å². The van der Waals surface area contributed by atoms with Crippen LogP contribution in [0.15, 0.2) is 24.3 Å². The highest BCUT2D eigenvalue weighted by Crippen LogP contribution is 2.12. The van der Waals surface area contributed by atoms with Gasteiger partial charge >= 0.3 is 0 Å². The molecule has 0 aliphatic heterocycles. The molecule has 0 atom stereocenters. The molecule has 3 amide bonds. The molecule has 0 saturated carbocycles. The van der Waals surface area contributed by atoms with Crippen LogP contribution in [0.25, 0.3) is 0 Å². The van der Waals surface area contributed by atoms with Crippen molar-refractivity contribution < 1.29 is 14.4 Å². The number of unbranched alkanes of at least 4 members (excludes halogenated alkanes) is 8. The molecule has 0 saturated heterocycles. The second-order valence-electron chi connectivity index (χ2n) is 8.88. The highest BCUT2D eigenvalue weighted by atomic mass is 16.2. The third-order valence-electron chi connectivity index (χ3n) is 5.53. The molecule has 6 nitrogen and oxygen atoms in total. The molecule has 0 bridgehead atoms. The molecule has 0 spiro atoms. The lowest BCUT2D eigenvalue weighted by atomic mass is 10.1. The van der Waals surface area contributed by atoms with E-state index in [2.05, 4.69) is 17.6 Å². The van der Waals surface area contributed by atoms with Gasteiger partial charge in [-0.25, -0.2) is 0 Å². The van der Waals surface area contributed by atoms with Crippen molar-refractivity contribution in [1.29, 1.82) is 0 Å². The van der Waals surface area contributed by atoms with E-state index in [1.807, 2.05) is 45.0 Å². The Morgan fingerprint density at radius 1 is 0.844 bits per heavy atom. The summed E-state index contributed by atoms with van der Waals surface area (Å²) in [5.41, 5.74) is 1.80. The first-order valence-electron chi connectivity index (χ1n) is 12.3. The van der Waals surface area contributed by atoms with Gasteiger partial charge in [0.1, 0.15) is 0 Å². The lowest BCUT2D eigenvalue weighted by Crippen LogP contribution is -2.45. The monoisotopic (exact) mass is 445 g/mol. The van der Waals surface area contributed by atoms with Crippen molar-refractivity contribution in [2.75, 3.05) is 18.4 Å². The number of benzene rings is 1. The topological polar surface area (TPSA) is 78.5 Å². The lowest BCUT2D eigenvalue weighted by Gasteiger charge is -2.26. The number of nitrogens with one attached hydrogen (secondary N) is 2. The van der Waals surface area contributed by atoms with E-state index in [0.29, 0.717) is 12.1 Å². The second kappa shape index (κ2) is 16.3. The Hall–Kier alpha value is -2.37. The SMILES string of the molecule is CCCCCCCCCCCC(=O)N(CC(=O)NCC(=O)Nc1ccc(C)cc1)C(C)C. The van der Waals surface area contributed by atoms with E-state index in [4.69, 9.17) is 0 Å². The standard InChI is InChI=1S/C26H43N3O3/c1-5-6-7-8-9-10-11-12-13-14-26(32)29(21(2)3)20-25(31)27-19-24(30)28-23-17-15-22(4)16-18-23/h15-18,21H,5-14,19-20H2,1-4H3,(H,27,31)(H,28,30). The van der Waals surface area contributed by atoms with Crippen LogP contribution in [0.5, 0.6) is 0 Å². The van der Waals surface area contributed by atoms with Crippen molar-refractivity contribution in [3.8, 4) is 0 Å².